The summed E-state index contributed by atoms with van der Waals surface area (Å²) in [5.41, 5.74) is 0.100. The van der Waals surface area contributed by atoms with E-state index in [-0.39, 0.29) is 23.7 Å². The average molecular weight is 465 g/mol. The summed E-state index contributed by atoms with van der Waals surface area (Å²) in [5.74, 6) is 0.725. The predicted molar refractivity (Wildman–Crippen MR) is 128 cm³/mol. The minimum Gasteiger partial charge on any atom is -0.493 e. The highest BCUT2D eigenvalue weighted by molar-refractivity contribution is 6.05. The fraction of sp³-hybridized carbons (Fsp3) is 0.360. The number of piperidine rings is 1. The molecular formula is C25H28N4O5. The fourth-order valence-corrected chi connectivity index (χ4v) is 4.26. The first kappa shape index (κ1) is 23.3. The largest absolute Gasteiger partial charge is 0.493 e. The number of benzene rings is 2. The normalized spacial score (nSPS) is 15.7. The maximum absolute atomic E-state index is 13.2. The highest BCUT2D eigenvalue weighted by Gasteiger charge is 2.23. The van der Waals surface area contributed by atoms with Crippen LogP contribution in [0, 0.1) is 5.92 Å². The molecule has 9 nitrogen and oxygen atoms in total. The topological polar surface area (TPSA) is 103 Å². The van der Waals surface area contributed by atoms with E-state index in [1.807, 2.05) is 0 Å². The Balaban J connectivity index is 1.67. The Labute approximate surface area is 197 Å². The molecule has 9 heteroatoms. The Morgan fingerprint density at radius 3 is 2.53 bits per heavy atom. The molecule has 1 unspecified atom stereocenters. The number of ether oxygens (including phenoxy) is 2. The van der Waals surface area contributed by atoms with Gasteiger partial charge in [0.25, 0.3) is 11.5 Å². The van der Waals surface area contributed by atoms with Crippen molar-refractivity contribution in [3.8, 4) is 17.2 Å². The number of carbonyl (C=O) groups is 2. The number of hydrogen-bond acceptors (Lipinski definition) is 6. The molecule has 1 N–H and O–H groups in total. The molecule has 0 spiro atoms. The van der Waals surface area contributed by atoms with Gasteiger partial charge < -0.3 is 19.7 Å². The van der Waals surface area contributed by atoms with Crippen molar-refractivity contribution in [3.05, 3.63) is 58.5 Å². The van der Waals surface area contributed by atoms with Crippen LogP contribution in [0.25, 0.3) is 16.5 Å². The van der Waals surface area contributed by atoms with Crippen molar-refractivity contribution >= 4 is 22.6 Å². The maximum Gasteiger partial charge on any atom is 0.279 e. The molecule has 1 fully saturated rings. The minimum absolute atomic E-state index is 0.0600. The zero-order valence-electron chi connectivity index (χ0n) is 19.5. The van der Waals surface area contributed by atoms with Crippen molar-refractivity contribution in [1.82, 2.24) is 20.0 Å². The minimum atomic E-state index is -0.524. The lowest BCUT2D eigenvalue weighted by atomic mass is 10.0. The van der Waals surface area contributed by atoms with E-state index in [1.54, 1.807) is 47.4 Å². The van der Waals surface area contributed by atoms with Crippen LogP contribution in [0.3, 0.4) is 0 Å². The molecule has 1 aliphatic rings. The summed E-state index contributed by atoms with van der Waals surface area (Å²) < 4.78 is 11.8. The van der Waals surface area contributed by atoms with Gasteiger partial charge in [-0.15, -0.1) is 0 Å². The van der Waals surface area contributed by atoms with Gasteiger partial charge in [-0.05, 0) is 37.0 Å². The quantitative estimate of drug-likeness (QED) is 0.601. The number of nitrogens with zero attached hydrogens (tertiary/aromatic N) is 3. The molecule has 0 aliphatic carbocycles. The van der Waals surface area contributed by atoms with E-state index in [2.05, 4.69) is 17.3 Å². The van der Waals surface area contributed by atoms with Crippen LogP contribution >= 0.6 is 0 Å². The SMILES string of the molecule is COc1ccc(-n2nc(C(=O)NCC(=O)N3CCCC(C)C3)c3ccccc3c2=O)cc1OC. The van der Waals surface area contributed by atoms with Crippen molar-refractivity contribution in [2.75, 3.05) is 33.9 Å². The van der Waals surface area contributed by atoms with Crippen LogP contribution in [-0.2, 0) is 4.79 Å². The van der Waals surface area contributed by atoms with Gasteiger partial charge in [-0.3, -0.25) is 14.4 Å². The lowest BCUT2D eigenvalue weighted by molar-refractivity contribution is -0.131. The molecular weight excluding hydrogens is 436 g/mol. The maximum atomic E-state index is 13.2. The number of rotatable bonds is 6. The molecule has 0 radical (unpaired) electrons. The monoisotopic (exact) mass is 464 g/mol. The van der Waals surface area contributed by atoms with Crippen LogP contribution in [0.2, 0.25) is 0 Å². The molecule has 4 rings (SSSR count). The number of methoxy groups -OCH3 is 2. The summed E-state index contributed by atoms with van der Waals surface area (Å²) in [6.45, 7) is 3.38. The van der Waals surface area contributed by atoms with Gasteiger partial charge in [-0.2, -0.15) is 9.78 Å². The number of aromatic nitrogens is 2. The number of carbonyl (C=O) groups excluding carboxylic acids is 2. The van der Waals surface area contributed by atoms with Gasteiger partial charge >= 0.3 is 0 Å². The van der Waals surface area contributed by atoms with E-state index in [4.69, 9.17) is 9.47 Å². The average Bonchev–Trinajstić information content (AvgIpc) is 2.87. The van der Waals surface area contributed by atoms with E-state index in [0.717, 1.165) is 17.5 Å². The van der Waals surface area contributed by atoms with Crippen LogP contribution in [0.1, 0.15) is 30.3 Å². The van der Waals surface area contributed by atoms with Crippen molar-refractivity contribution in [1.29, 1.82) is 0 Å². The van der Waals surface area contributed by atoms with Crippen LogP contribution in [0.4, 0.5) is 0 Å². The van der Waals surface area contributed by atoms with E-state index < -0.39 is 5.91 Å². The summed E-state index contributed by atoms with van der Waals surface area (Å²) in [5, 5.41) is 7.82. The van der Waals surface area contributed by atoms with Gasteiger partial charge in [0.2, 0.25) is 5.91 Å². The lowest BCUT2D eigenvalue weighted by Gasteiger charge is -2.31. The number of likely N-dealkylation sites (tertiary alicyclic amines) is 1. The summed E-state index contributed by atoms with van der Waals surface area (Å²) >= 11 is 0. The predicted octanol–water partition coefficient (Wildman–Crippen LogP) is 2.39. The summed E-state index contributed by atoms with van der Waals surface area (Å²) in [4.78, 5) is 40.7. The zero-order valence-corrected chi connectivity index (χ0v) is 19.5. The second-order valence-corrected chi connectivity index (χ2v) is 8.42. The number of nitrogens with one attached hydrogen (secondary N) is 1. The van der Waals surface area contributed by atoms with E-state index in [1.165, 1.54) is 14.2 Å². The van der Waals surface area contributed by atoms with Crippen LogP contribution in [0.5, 0.6) is 11.5 Å². The number of amides is 2. The molecule has 3 aromatic rings. The Morgan fingerprint density at radius 2 is 1.82 bits per heavy atom. The second-order valence-electron chi connectivity index (χ2n) is 8.42. The van der Waals surface area contributed by atoms with Crippen molar-refractivity contribution < 1.29 is 19.1 Å². The molecule has 178 valence electrons. The second kappa shape index (κ2) is 9.94. The molecule has 34 heavy (non-hydrogen) atoms. The Bertz CT molecular complexity index is 1290. The first-order valence-corrected chi connectivity index (χ1v) is 11.2. The molecule has 2 heterocycles. The molecule has 1 aliphatic heterocycles. The van der Waals surface area contributed by atoms with Crippen molar-refractivity contribution in [2.45, 2.75) is 19.8 Å². The van der Waals surface area contributed by atoms with E-state index >= 15 is 0 Å². The third kappa shape index (κ3) is 4.59. The highest BCUT2D eigenvalue weighted by Crippen LogP contribution is 2.28. The molecule has 1 saturated heterocycles. The van der Waals surface area contributed by atoms with Gasteiger partial charge in [0, 0.05) is 24.5 Å². The Hall–Kier alpha value is -3.88. The van der Waals surface area contributed by atoms with Gasteiger partial charge in [0.15, 0.2) is 17.2 Å². The fourth-order valence-electron chi connectivity index (χ4n) is 4.26. The van der Waals surface area contributed by atoms with E-state index in [0.29, 0.717) is 47.0 Å². The van der Waals surface area contributed by atoms with Gasteiger partial charge in [-0.25, -0.2) is 0 Å². The first-order chi connectivity index (χ1) is 16.4. The molecule has 0 saturated carbocycles. The highest BCUT2D eigenvalue weighted by atomic mass is 16.5. The summed E-state index contributed by atoms with van der Waals surface area (Å²) in [6.07, 6.45) is 2.06. The third-order valence-corrected chi connectivity index (χ3v) is 6.04. The van der Waals surface area contributed by atoms with Gasteiger partial charge in [0.05, 0.1) is 31.8 Å². The Morgan fingerprint density at radius 1 is 1.09 bits per heavy atom. The lowest BCUT2D eigenvalue weighted by Crippen LogP contribution is -2.44. The molecule has 2 amide bonds. The molecule has 2 aromatic carbocycles. The standard InChI is InChI=1S/C25H28N4O5/c1-16-7-6-12-28(15-16)22(30)14-26-24(31)23-18-8-4-5-9-19(18)25(32)29(27-23)17-10-11-20(33-2)21(13-17)34-3/h4-5,8-11,13,16H,6-7,12,14-15H2,1-3H3,(H,26,31). The van der Waals surface area contributed by atoms with E-state index in [9.17, 15) is 14.4 Å². The van der Waals surface area contributed by atoms with Crippen molar-refractivity contribution in [3.63, 3.8) is 0 Å². The first-order valence-electron chi connectivity index (χ1n) is 11.2. The van der Waals surface area contributed by atoms with Gasteiger partial charge in [0.1, 0.15) is 0 Å². The number of fused-ring (bicyclic) bond motifs is 1. The smallest absolute Gasteiger partial charge is 0.279 e. The van der Waals surface area contributed by atoms with Crippen LogP contribution in [-0.4, -0.2) is 60.3 Å². The van der Waals surface area contributed by atoms with Crippen molar-refractivity contribution in [2.24, 2.45) is 5.92 Å². The van der Waals surface area contributed by atoms with Crippen LogP contribution in [0.15, 0.2) is 47.3 Å². The zero-order chi connectivity index (χ0) is 24.2. The third-order valence-electron chi connectivity index (χ3n) is 6.04. The van der Waals surface area contributed by atoms with Crippen LogP contribution < -0.4 is 20.3 Å². The summed E-state index contributed by atoms with van der Waals surface area (Å²) in [7, 11) is 3.02. The Kier molecular flexibility index (Phi) is 6.81. The molecule has 0 bridgehead atoms. The summed E-state index contributed by atoms with van der Waals surface area (Å²) in [6, 6.07) is 11.7. The molecule has 1 aromatic heterocycles. The number of hydrogen-bond donors (Lipinski definition) is 1. The molecule has 1 atom stereocenters. The van der Waals surface area contributed by atoms with Gasteiger partial charge in [-0.1, -0.05) is 25.1 Å².